The summed E-state index contributed by atoms with van der Waals surface area (Å²) in [5, 5.41) is 29.5. The normalized spacial score (nSPS) is 21.3. The summed E-state index contributed by atoms with van der Waals surface area (Å²) in [5.74, 6) is -1.87. The van der Waals surface area contributed by atoms with E-state index in [9.17, 15) is 24.8 Å². The van der Waals surface area contributed by atoms with Gasteiger partial charge in [0, 0.05) is 24.6 Å². The lowest BCUT2D eigenvalue weighted by atomic mass is 10.1. The van der Waals surface area contributed by atoms with Crippen LogP contribution in [0.4, 0.5) is 5.69 Å². The fourth-order valence-corrected chi connectivity index (χ4v) is 2.62. The quantitative estimate of drug-likeness (QED) is 0.614. The molecule has 2 atom stereocenters. The highest BCUT2D eigenvalue weighted by Crippen LogP contribution is 2.28. The topological polar surface area (TPSA) is 121 Å². The number of nitro benzene ring substituents is 1. The number of nitro groups is 1. The number of carbonyl (C=O) groups excluding carboxylic acids is 1. The highest BCUT2D eigenvalue weighted by molar-refractivity contribution is 9.10. The molecular weight excluding hydrogens is 348 g/mol. The van der Waals surface area contributed by atoms with Crippen molar-refractivity contribution in [3.63, 3.8) is 0 Å². The van der Waals surface area contributed by atoms with Gasteiger partial charge in [-0.2, -0.15) is 0 Å². The van der Waals surface area contributed by atoms with Crippen molar-refractivity contribution in [2.75, 3.05) is 6.54 Å². The predicted molar refractivity (Wildman–Crippen MR) is 73.9 cm³/mol. The van der Waals surface area contributed by atoms with Crippen molar-refractivity contribution in [1.29, 1.82) is 0 Å². The average molecular weight is 359 g/mol. The van der Waals surface area contributed by atoms with Crippen molar-refractivity contribution in [3.05, 3.63) is 38.3 Å². The molecule has 1 fully saturated rings. The number of nitrogens with zero attached hydrogens (tertiary/aromatic N) is 2. The van der Waals surface area contributed by atoms with Crippen LogP contribution in [0.3, 0.4) is 0 Å². The van der Waals surface area contributed by atoms with E-state index in [0.717, 1.165) is 11.0 Å². The fraction of sp³-hybridized carbons (Fsp3) is 0.333. The van der Waals surface area contributed by atoms with E-state index in [1.165, 1.54) is 12.1 Å². The first-order valence-electron chi connectivity index (χ1n) is 5.97. The van der Waals surface area contributed by atoms with Crippen LogP contribution >= 0.6 is 15.9 Å². The molecular formula is C12H11BrN2O6. The van der Waals surface area contributed by atoms with Gasteiger partial charge in [-0.05, 0) is 28.1 Å². The number of carboxylic acid groups (broad SMARTS) is 1. The van der Waals surface area contributed by atoms with Gasteiger partial charge in [0.15, 0.2) is 0 Å². The smallest absolute Gasteiger partial charge is 0.326 e. The molecule has 0 bridgehead atoms. The van der Waals surface area contributed by atoms with Crippen LogP contribution in [0.5, 0.6) is 0 Å². The number of benzene rings is 1. The maximum absolute atomic E-state index is 12.3. The average Bonchev–Trinajstić information content (AvgIpc) is 2.80. The van der Waals surface area contributed by atoms with Crippen molar-refractivity contribution in [3.8, 4) is 0 Å². The summed E-state index contributed by atoms with van der Waals surface area (Å²) < 4.78 is 0.222. The lowest BCUT2D eigenvalue weighted by molar-refractivity contribution is -0.385. The van der Waals surface area contributed by atoms with Crippen molar-refractivity contribution in [2.24, 2.45) is 0 Å². The standard InChI is InChI=1S/C12H11BrN2O6/c13-8-2-1-6(3-9(8)15(20)21)11(17)14-5-7(16)4-10(14)12(18)19/h1-3,7,10,16H,4-5H2,(H,18,19). The number of carboxylic acids is 1. The van der Waals surface area contributed by atoms with Gasteiger partial charge in [0.05, 0.1) is 15.5 Å². The number of likely N-dealkylation sites (tertiary alicyclic amines) is 1. The van der Waals surface area contributed by atoms with Crippen LogP contribution in [0.1, 0.15) is 16.8 Å². The molecule has 2 N–H and O–H groups in total. The molecule has 1 aromatic carbocycles. The Balaban J connectivity index is 2.33. The molecule has 0 aliphatic carbocycles. The molecule has 0 aromatic heterocycles. The molecule has 1 aromatic rings. The first kappa shape index (κ1) is 15.4. The zero-order valence-corrected chi connectivity index (χ0v) is 12.2. The van der Waals surface area contributed by atoms with Crippen LogP contribution in [0.15, 0.2) is 22.7 Å². The highest BCUT2D eigenvalue weighted by Gasteiger charge is 2.39. The Morgan fingerprint density at radius 1 is 1.43 bits per heavy atom. The number of hydrogen-bond donors (Lipinski definition) is 2. The Kier molecular flexibility index (Phi) is 4.24. The van der Waals surface area contributed by atoms with E-state index >= 15 is 0 Å². The minimum atomic E-state index is -1.22. The van der Waals surface area contributed by atoms with Gasteiger partial charge < -0.3 is 15.1 Å². The van der Waals surface area contributed by atoms with E-state index in [1.807, 2.05) is 0 Å². The summed E-state index contributed by atoms with van der Waals surface area (Å²) in [7, 11) is 0. The van der Waals surface area contributed by atoms with Crippen LogP contribution in [0, 0.1) is 10.1 Å². The minimum absolute atomic E-state index is 0.00486. The van der Waals surface area contributed by atoms with Gasteiger partial charge in [-0.15, -0.1) is 0 Å². The SMILES string of the molecule is O=C(O)C1CC(O)CN1C(=O)c1ccc(Br)c([N+](=O)[O-])c1. The van der Waals surface area contributed by atoms with Gasteiger partial charge in [-0.1, -0.05) is 0 Å². The molecule has 0 radical (unpaired) electrons. The van der Waals surface area contributed by atoms with Crippen LogP contribution in [0.2, 0.25) is 0 Å². The largest absolute Gasteiger partial charge is 0.480 e. The molecule has 112 valence electrons. The third kappa shape index (κ3) is 3.03. The Morgan fingerprint density at radius 3 is 2.67 bits per heavy atom. The van der Waals surface area contributed by atoms with Gasteiger partial charge in [0.1, 0.15) is 6.04 Å². The third-order valence-electron chi connectivity index (χ3n) is 3.21. The van der Waals surface area contributed by atoms with Gasteiger partial charge in [0.25, 0.3) is 11.6 Å². The Morgan fingerprint density at radius 2 is 2.10 bits per heavy atom. The number of hydrogen-bond acceptors (Lipinski definition) is 5. The monoisotopic (exact) mass is 358 g/mol. The number of aliphatic hydroxyl groups is 1. The first-order chi connectivity index (χ1) is 9.81. The Labute approximate surface area is 127 Å². The zero-order valence-electron chi connectivity index (χ0n) is 10.6. The lowest BCUT2D eigenvalue weighted by Gasteiger charge is -2.21. The lowest BCUT2D eigenvalue weighted by Crippen LogP contribution is -2.40. The van der Waals surface area contributed by atoms with Crippen molar-refractivity contribution >= 4 is 33.5 Å². The molecule has 9 heteroatoms. The summed E-state index contributed by atoms with van der Waals surface area (Å²) in [4.78, 5) is 34.6. The van der Waals surface area contributed by atoms with E-state index in [4.69, 9.17) is 5.11 Å². The maximum atomic E-state index is 12.3. The predicted octanol–water partition coefficient (Wildman–Crippen LogP) is 1.02. The van der Waals surface area contributed by atoms with E-state index in [-0.39, 0.29) is 28.7 Å². The second-order valence-electron chi connectivity index (χ2n) is 4.62. The van der Waals surface area contributed by atoms with E-state index < -0.39 is 28.9 Å². The molecule has 1 amide bonds. The number of carbonyl (C=O) groups is 2. The third-order valence-corrected chi connectivity index (χ3v) is 3.89. The zero-order chi connectivity index (χ0) is 15.7. The van der Waals surface area contributed by atoms with Crippen LogP contribution in [-0.2, 0) is 4.79 Å². The maximum Gasteiger partial charge on any atom is 0.326 e. The first-order valence-corrected chi connectivity index (χ1v) is 6.76. The second kappa shape index (κ2) is 5.78. The fourth-order valence-electron chi connectivity index (χ4n) is 2.22. The van der Waals surface area contributed by atoms with E-state index in [2.05, 4.69) is 15.9 Å². The molecule has 0 saturated carbocycles. The number of halogens is 1. The van der Waals surface area contributed by atoms with Gasteiger partial charge in [0.2, 0.25) is 0 Å². The Bertz CT molecular complexity index is 620. The number of aliphatic carboxylic acids is 1. The molecule has 1 aliphatic rings. The molecule has 0 spiro atoms. The van der Waals surface area contributed by atoms with Crippen LogP contribution in [0.25, 0.3) is 0 Å². The summed E-state index contributed by atoms with van der Waals surface area (Å²) in [6, 6.07) is 2.67. The van der Waals surface area contributed by atoms with Crippen molar-refractivity contribution < 1.29 is 24.7 Å². The van der Waals surface area contributed by atoms with Gasteiger partial charge >= 0.3 is 5.97 Å². The number of β-amino-alcohol motifs (C(OH)–C–C–N with tert-alkyl or cyclic N) is 1. The van der Waals surface area contributed by atoms with E-state index in [1.54, 1.807) is 0 Å². The second-order valence-corrected chi connectivity index (χ2v) is 5.48. The molecule has 21 heavy (non-hydrogen) atoms. The van der Waals surface area contributed by atoms with Gasteiger partial charge in [-0.25, -0.2) is 4.79 Å². The van der Waals surface area contributed by atoms with Crippen molar-refractivity contribution in [2.45, 2.75) is 18.6 Å². The number of amides is 1. The molecule has 2 unspecified atom stereocenters. The van der Waals surface area contributed by atoms with Crippen LogP contribution < -0.4 is 0 Å². The summed E-state index contributed by atoms with van der Waals surface area (Å²) in [6.45, 7) is -0.111. The Hall–Kier alpha value is -2.00. The molecule has 1 saturated heterocycles. The van der Waals surface area contributed by atoms with E-state index in [0.29, 0.717) is 0 Å². The molecule has 1 heterocycles. The minimum Gasteiger partial charge on any atom is -0.480 e. The molecule has 2 rings (SSSR count). The van der Waals surface area contributed by atoms with Crippen LogP contribution in [-0.4, -0.2) is 50.6 Å². The molecule has 8 nitrogen and oxygen atoms in total. The van der Waals surface area contributed by atoms with Gasteiger partial charge in [-0.3, -0.25) is 14.9 Å². The highest BCUT2D eigenvalue weighted by atomic mass is 79.9. The summed E-state index contributed by atoms with van der Waals surface area (Å²) in [6.07, 6.45) is -0.972. The van der Waals surface area contributed by atoms with Crippen molar-refractivity contribution in [1.82, 2.24) is 4.90 Å². The number of aliphatic hydroxyl groups excluding tert-OH is 1. The summed E-state index contributed by atoms with van der Waals surface area (Å²) >= 11 is 3.01. The molecule has 1 aliphatic heterocycles. The number of rotatable bonds is 3. The summed E-state index contributed by atoms with van der Waals surface area (Å²) in [5.41, 5.74) is -0.280.